The molecule has 0 bridgehead atoms. The van der Waals surface area contributed by atoms with E-state index in [0.717, 1.165) is 0 Å². The number of nitrogens with one attached hydrogen (secondary N) is 3. The van der Waals surface area contributed by atoms with Crippen molar-refractivity contribution < 1.29 is 37.3 Å². The zero-order valence-corrected chi connectivity index (χ0v) is 18.3. The number of hydrogen-bond acceptors (Lipinski definition) is 6. The first-order valence-corrected chi connectivity index (χ1v) is 10.9. The highest BCUT2D eigenvalue weighted by molar-refractivity contribution is 5.91. The fraction of sp³-hybridized carbons (Fsp3) is 0.208. The number of ether oxygens (including phenoxy) is 2. The first-order valence-electron chi connectivity index (χ1n) is 10.9. The summed E-state index contributed by atoms with van der Waals surface area (Å²) in [4.78, 5) is 28.0. The highest BCUT2D eigenvalue weighted by Gasteiger charge is 2.80. The van der Waals surface area contributed by atoms with Gasteiger partial charge in [-0.2, -0.15) is 0 Å². The summed E-state index contributed by atoms with van der Waals surface area (Å²) in [7, 11) is 0. The Kier molecular flexibility index (Phi) is 4.75. The van der Waals surface area contributed by atoms with Gasteiger partial charge < -0.3 is 25.2 Å². The number of rotatable bonds is 5. The maximum atomic E-state index is 13.9. The zero-order valence-electron chi connectivity index (χ0n) is 18.3. The number of anilines is 2. The summed E-state index contributed by atoms with van der Waals surface area (Å²) in [6, 6.07) is 6.45. The van der Waals surface area contributed by atoms with Crippen molar-refractivity contribution in [1.82, 2.24) is 10.3 Å². The Labute approximate surface area is 201 Å². The summed E-state index contributed by atoms with van der Waals surface area (Å²) in [5.41, 5.74) is -0.0180. The number of carbonyl (C=O) groups excluding carboxylic acids is 2. The van der Waals surface area contributed by atoms with Gasteiger partial charge in [0.1, 0.15) is 35.5 Å². The number of carbonyl (C=O) groups is 2. The van der Waals surface area contributed by atoms with E-state index < -0.39 is 40.8 Å². The van der Waals surface area contributed by atoms with E-state index in [4.69, 9.17) is 9.47 Å². The van der Waals surface area contributed by atoms with Crippen molar-refractivity contribution in [3.05, 3.63) is 71.2 Å². The predicted octanol–water partition coefficient (Wildman–Crippen LogP) is 4.74. The molecule has 36 heavy (non-hydrogen) atoms. The first-order chi connectivity index (χ1) is 17.2. The van der Waals surface area contributed by atoms with Gasteiger partial charge >= 0.3 is 12.1 Å². The van der Waals surface area contributed by atoms with Gasteiger partial charge in [0.2, 0.25) is 0 Å². The number of hydrogen-bond donors (Lipinski definition) is 4. The van der Waals surface area contributed by atoms with Gasteiger partial charge in [0.25, 0.3) is 0 Å². The van der Waals surface area contributed by atoms with Crippen molar-refractivity contribution in [3.8, 4) is 17.2 Å². The van der Waals surface area contributed by atoms with E-state index in [1.54, 1.807) is 18.2 Å². The number of urea groups is 1. The maximum absolute atomic E-state index is 13.9. The van der Waals surface area contributed by atoms with Crippen molar-refractivity contribution in [2.45, 2.75) is 24.5 Å². The summed E-state index contributed by atoms with van der Waals surface area (Å²) < 4.78 is 51.4. The van der Waals surface area contributed by atoms with Crippen LogP contribution >= 0.6 is 0 Å². The minimum absolute atomic E-state index is 0.0132. The summed E-state index contributed by atoms with van der Waals surface area (Å²) >= 11 is 0. The molecule has 2 aliphatic carbocycles. The Hall–Kier alpha value is -4.48. The summed E-state index contributed by atoms with van der Waals surface area (Å²) in [5.74, 6) is -2.74. The molecule has 4 N–H and O–H groups in total. The van der Waals surface area contributed by atoms with Gasteiger partial charge in [0.05, 0.1) is 16.8 Å². The lowest BCUT2D eigenvalue weighted by atomic mass is 9.99. The largest absolute Gasteiger partial charge is 0.508 e. The van der Waals surface area contributed by atoms with E-state index in [9.17, 15) is 27.9 Å². The number of benzene rings is 2. The second-order valence-electron chi connectivity index (χ2n) is 8.81. The normalized spacial score (nSPS) is 22.9. The number of aromatic hydroxyl groups is 1. The molecule has 2 heterocycles. The minimum Gasteiger partial charge on any atom is -0.508 e. The number of phenols is 1. The molecule has 1 aliphatic heterocycles. The van der Waals surface area contributed by atoms with Crippen LogP contribution in [0, 0.1) is 23.4 Å². The second-order valence-corrected chi connectivity index (χ2v) is 8.81. The highest BCUT2D eigenvalue weighted by Crippen LogP contribution is 2.77. The van der Waals surface area contributed by atoms with E-state index in [-0.39, 0.29) is 24.2 Å². The molecule has 12 heteroatoms. The smallest absolute Gasteiger partial charge is 0.413 e. The van der Waals surface area contributed by atoms with Crippen molar-refractivity contribution in [2.24, 2.45) is 5.92 Å². The zero-order chi connectivity index (χ0) is 25.2. The third-order valence-corrected chi connectivity index (χ3v) is 6.65. The molecule has 3 aromatic rings. The molecule has 3 amide bonds. The lowest BCUT2D eigenvalue weighted by molar-refractivity contribution is 0.150. The number of amides is 3. The molecule has 3 atom stereocenters. The van der Waals surface area contributed by atoms with Gasteiger partial charge in [0, 0.05) is 29.8 Å². The number of phenolic OH excluding ortho intramolecular Hbond substituents is 1. The lowest BCUT2D eigenvalue weighted by Crippen LogP contribution is -2.36. The Bertz CT molecular complexity index is 1450. The monoisotopic (exact) mass is 498 g/mol. The standard InChI is InChI=1S/C24H17F3N4O5/c25-14-6-16(27)17(7-15(14)26)29-22(33)31-24-8-13(24)20(24)11-5-10(1-2-18(11)32)36-19-3-4-28-21-12(19)9-35-23(34)30-21/h1-7,13,20,32H,8-9H2,(H,28,30,34)(H2,29,31,33). The number of pyridine rings is 1. The van der Waals surface area contributed by atoms with E-state index >= 15 is 0 Å². The average Bonchev–Trinajstić information content (AvgIpc) is 3.69. The van der Waals surface area contributed by atoms with Crippen LogP contribution in [0.5, 0.6) is 17.2 Å². The van der Waals surface area contributed by atoms with Crippen LogP contribution < -0.4 is 20.7 Å². The van der Waals surface area contributed by atoms with Crippen LogP contribution in [0.3, 0.4) is 0 Å². The molecular formula is C24H17F3N4O5. The Morgan fingerprint density at radius 3 is 2.78 bits per heavy atom. The summed E-state index contributed by atoms with van der Waals surface area (Å²) in [6.07, 6.45) is 1.51. The van der Waals surface area contributed by atoms with Gasteiger partial charge in [-0.25, -0.2) is 27.7 Å². The highest BCUT2D eigenvalue weighted by atomic mass is 19.2. The number of halogens is 3. The van der Waals surface area contributed by atoms with Crippen LogP contribution in [0.2, 0.25) is 0 Å². The van der Waals surface area contributed by atoms with Crippen LogP contribution in [0.25, 0.3) is 0 Å². The SMILES string of the molecule is O=C(Nc1cc(F)c(F)cc1F)NC12CC1C2c1cc(Oc2ccnc3c2COC(=O)N3)ccc1O. The van der Waals surface area contributed by atoms with E-state index in [1.165, 1.54) is 12.3 Å². The van der Waals surface area contributed by atoms with E-state index in [2.05, 4.69) is 20.9 Å². The molecule has 3 unspecified atom stereocenters. The molecule has 3 aliphatic rings. The summed E-state index contributed by atoms with van der Waals surface area (Å²) in [6.45, 7) is -0.0132. The van der Waals surface area contributed by atoms with Crippen molar-refractivity contribution in [3.63, 3.8) is 0 Å². The van der Waals surface area contributed by atoms with Crippen LogP contribution in [0.15, 0.2) is 42.6 Å². The first kappa shape index (κ1) is 22.0. The quantitative estimate of drug-likeness (QED) is 0.377. The number of fused-ring (bicyclic) bond motifs is 2. The molecule has 0 spiro atoms. The van der Waals surface area contributed by atoms with Crippen LogP contribution in [-0.2, 0) is 11.3 Å². The molecule has 0 radical (unpaired) electrons. The van der Waals surface area contributed by atoms with Gasteiger partial charge in [-0.15, -0.1) is 0 Å². The Balaban J connectivity index is 1.17. The van der Waals surface area contributed by atoms with Gasteiger partial charge in [-0.1, -0.05) is 0 Å². The Morgan fingerprint density at radius 1 is 1.17 bits per heavy atom. The summed E-state index contributed by atoms with van der Waals surface area (Å²) in [5, 5.41) is 17.9. The molecular weight excluding hydrogens is 481 g/mol. The Morgan fingerprint density at radius 2 is 1.97 bits per heavy atom. The van der Waals surface area contributed by atoms with Crippen molar-refractivity contribution in [2.75, 3.05) is 10.6 Å². The van der Waals surface area contributed by atoms with Crippen molar-refractivity contribution in [1.29, 1.82) is 0 Å². The van der Waals surface area contributed by atoms with E-state index in [1.807, 2.05) is 0 Å². The molecule has 9 nitrogen and oxygen atoms in total. The number of cyclic esters (lactones) is 1. The molecule has 2 fully saturated rings. The molecule has 6 rings (SSSR count). The van der Waals surface area contributed by atoms with Crippen molar-refractivity contribution >= 4 is 23.6 Å². The van der Waals surface area contributed by atoms with Crippen LogP contribution in [0.1, 0.15) is 23.5 Å². The van der Waals surface area contributed by atoms with Gasteiger partial charge in [-0.3, -0.25) is 5.32 Å². The maximum Gasteiger partial charge on any atom is 0.413 e. The third-order valence-electron chi connectivity index (χ3n) is 6.65. The van der Waals surface area contributed by atoms with E-state index in [0.29, 0.717) is 47.0 Å². The lowest BCUT2D eigenvalue weighted by Gasteiger charge is -2.20. The molecule has 2 saturated carbocycles. The van der Waals surface area contributed by atoms with Crippen LogP contribution in [-0.4, -0.2) is 27.8 Å². The van der Waals surface area contributed by atoms with Gasteiger partial charge in [-0.05, 0) is 36.6 Å². The number of aromatic nitrogens is 1. The van der Waals surface area contributed by atoms with Gasteiger partial charge in [0.15, 0.2) is 11.6 Å². The average molecular weight is 498 g/mol. The topological polar surface area (TPSA) is 122 Å². The fourth-order valence-corrected chi connectivity index (χ4v) is 4.67. The number of nitrogens with zero attached hydrogens (tertiary/aromatic N) is 1. The predicted molar refractivity (Wildman–Crippen MR) is 118 cm³/mol. The molecule has 0 saturated heterocycles. The molecule has 184 valence electrons. The minimum atomic E-state index is -1.36. The second kappa shape index (κ2) is 7.77. The fourth-order valence-electron chi connectivity index (χ4n) is 4.67. The third kappa shape index (κ3) is 3.61. The molecule has 1 aromatic heterocycles. The van der Waals surface area contributed by atoms with Crippen LogP contribution in [0.4, 0.5) is 34.3 Å². The molecule has 2 aromatic carbocycles.